The zero-order valence-electron chi connectivity index (χ0n) is 12.8. The monoisotopic (exact) mass is 279 g/mol. The maximum atomic E-state index is 12.4. The van der Waals surface area contributed by atoms with Gasteiger partial charge >= 0.3 is 0 Å². The van der Waals surface area contributed by atoms with Crippen LogP contribution in [0.3, 0.4) is 0 Å². The second-order valence-corrected chi connectivity index (χ2v) is 7.06. The topological polar surface area (TPSA) is 35.6 Å². The number of rotatable bonds is 3. The minimum Gasteiger partial charge on any atom is -0.341 e. The first-order chi connectivity index (χ1) is 9.72. The summed E-state index contributed by atoms with van der Waals surface area (Å²) < 4.78 is 0. The van der Waals surface area contributed by atoms with Crippen molar-refractivity contribution < 1.29 is 4.79 Å². The van der Waals surface area contributed by atoms with E-state index in [9.17, 15) is 4.79 Å². The lowest BCUT2D eigenvalue weighted by Crippen LogP contribution is -2.49. The average Bonchev–Trinajstić information content (AvgIpc) is 3.09. The van der Waals surface area contributed by atoms with Crippen molar-refractivity contribution >= 4 is 5.91 Å². The van der Waals surface area contributed by atoms with Crippen molar-refractivity contribution in [3.8, 4) is 0 Å². The zero-order valence-corrected chi connectivity index (χ0v) is 12.8. The molecule has 0 aromatic rings. The van der Waals surface area contributed by atoms with E-state index in [0.717, 1.165) is 51.6 Å². The van der Waals surface area contributed by atoms with Crippen LogP contribution in [0, 0.1) is 11.8 Å². The third-order valence-corrected chi connectivity index (χ3v) is 5.45. The molecular weight excluding hydrogens is 250 g/mol. The van der Waals surface area contributed by atoms with Crippen LogP contribution in [0.15, 0.2) is 0 Å². The molecule has 2 aliphatic heterocycles. The molecule has 0 radical (unpaired) electrons. The Balaban J connectivity index is 1.45. The molecule has 20 heavy (non-hydrogen) atoms. The van der Waals surface area contributed by atoms with Gasteiger partial charge in [0.25, 0.3) is 0 Å². The summed E-state index contributed by atoms with van der Waals surface area (Å²) >= 11 is 0. The standard InChI is InChI=1S/C16H29N3O/c1-13-2-3-14(10-13)11-16(20)19-7-4-15(12-19)18-8-5-17-6-9-18/h13-15,17H,2-12H2,1H3. The van der Waals surface area contributed by atoms with Crippen molar-refractivity contribution in [2.45, 2.75) is 45.1 Å². The second-order valence-electron chi connectivity index (χ2n) is 7.06. The molecule has 114 valence electrons. The summed E-state index contributed by atoms with van der Waals surface area (Å²) in [6.45, 7) is 8.77. The largest absolute Gasteiger partial charge is 0.341 e. The quantitative estimate of drug-likeness (QED) is 0.846. The summed E-state index contributed by atoms with van der Waals surface area (Å²) in [5.41, 5.74) is 0. The molecule has 0 bridgehead atoms. The molecule has 2 saturated heterocycles. The fourth-order valence-electron chi connectivity index (χ4n) is 4.20. The fourth-order valence-corrected chi connectivity index (χ4v) is 4.20. The van der Waals surface area contributed by atoms with E-state index in [1.165, 1.54) is 25.7 Å². The fraction of sp³-hybridized carbons (Fsp3) is 0.938. The van der Waals surface area contributed by atoms with E-state index in [1.54, 1.807) is 0 Å². The van der Waals surface area contributed by atoms with E-state index in [-0.39, 0.29) is 0 Å². The van der Waals surface area contributed by atoms with Crippen molar-refractivity contribution in [2.24, 2.45) is 11.8 Å². The summed E-state index contributed by atoms with van der Waals surface area (Å²) in [7, 11) is 0. The van der Waals surface area contributed by atoms with Crippen LogP contribution in [0.4, 0.5) is 0 Å². The first-order valence-electron chi connectivity index (χ1n) is 8.45. The summed E-state index contributed by atoms with van der Waals surface area (Å²) in [6.07, 6.45) is 5.83. The lowest BCUT2D eigenvalue weighted by Gasteiger charge is -2.32. The van der Waals surface area contributed by atoms with Crippen molar-refractivity contribution in [3.05, 3.63) is 0 Å². The Bertz CT molecular complexity index is 341. The first-order valence-corrected chi connectivity index (χ1v) is 8.45. The van der Waals surface area contributed by atoms with Gasteiger partial charge < -0.3 is 10.2 Å². The average molecular weight is 279 g/mol. The highest BCUT2D eigenvalue weighted by atomic mass is 16.2. The maximum absolute atomic E-state index is 12.4. The van der Waals surface area contributed by atoms with Gasteiger partial charge in [-0.1, -0.05) is 13.3 Å². The molecule has 1 aliphatic carbocycles. The van der Waals surface area contributed by atoms with Crippen LogP contribution in [-0.4, -0.2) is 61.0 Å². The van der Waals surface area contributed by atoms with Crippen molar-refractivity contribution in [3.63, 3.8) is 0 Å². The van der Waals surface area contributed by atoms with Gasteiger partial charge in [-0.3, -0.25) is 9.69 Å². The zero-order chi connectivity index (χ0) is 13.9. The molecule has 3 aliphatic rings. The van der Waals surface area contributed by atoms with Gasteiger partial charge in [0.05, 0.1) is 0 Å². The lowest BCUT2D eigenvalue weighted by molar-refractivity contribution is -0.131. The highest BCUT2D eigenvalue weighted by molar-refractivity contribution is 5.76. The molecule has 2 heterocycles. The Labute approximate surface area is 122 Å². The van der Waals surface area contributed by atoms with Crippen LogP contribution < -0.4 is 5.32 Å². The third kappa shape index (κ3) is 3.34. The number of amides is 1. The third-order valence-electron chi connectivity index (χ3n) is 5.45. The van der Waals surface area contributed by atoms with Crippen LogP contribution in [0.2, 0.25) is 0 Å². The van der Waals surface area contributed by atoms with Crippen LogP contribution in [0.1, 0.15) is 39.0 Å². The molecule has 4 heteroatoms. The van der Waals surface area contributed by atoms with Gasteiger partial charge in [0.2, 0.25) is 5.91 Å². The number of nitrogens with zero attached hydrogens (tertiary/aromatic N) is 2. The number of nitrogens with one attached hydrogen (secondary N) is 1. The van der Waals surface area contributed by atoms with E-state index >= 15 is 0 Å². The molecule has 3 atom stereocenters. The van der Waals surface area contributed by atoms with E-state index < -0.39 is 0 Å². The highest BCUT2D eigenvalue weighted by Gasteiger charge is 2.32. The molecule has 3 fully saturated rings. The number of hydrogen-bond acceptors (Lipinski definition) is 3. The Morgan fingerprint density at radius 3 is 2.65 bits per heavy atom. The maximum Gasteiger partial charge on any atom is 0.222 e. The summed E-state index contributed by atoms with van der Waals surface area (Å²) in [5.74, 6) is 1.91. The Kier molecular flexibility index (Phi) is 4.61. The predicted molar refractivity (Wildman–Crippen MR) is 80.5 cm³/mol. The number of hydrogen-bond donors (Lipinski definition) is 1. The van der Waals surface area contributed by atoms with Gasteiger partial charge in [-0.25, -0.2) is 0 Å². The van der Waals surface area contributed by atoms with E-state index in [1.807, 2.05) is 0 Å². The number of likely N-dealkylation sites (tertiary alicyclic amines) is 1. The minimum absolute atomic E-state index is 0.418. The summed E-state index contributed by atoms with van der Waals surface area (Å²) in [4.78, 5) is 17.1. The van der Waals surface area contributed by atoms with Gasteiger partial charge in [-0.05, 0) is 31.1 Å². The molecule has 1 amide bonds. The van der Waals surface area contributed by atoms with Gasteiger partial charge in [0.15, 0.2) is 0 Å². The smallest absolute Gasteiger partial charge is 0.222 e. The number of carbonyl (C=O) groups is 1. The van der Waals surface area contributed by atoms with Crippen LogP contribution in [0.5, 0.6) is 0 Å². The molecule has 0 spiro atoms. The molecule has 4 nitrogen and oxygen atoms in total. The molecule has 1 N–H and O–H groups in total. The molecule has 0 aromatic carbocycles. The number of piperazine rings is 1. The SMILES string of the molecule is CC1CCC(CC(=O)N2CCC(N3CCNCC3)C2)C1. The number of carbonyl (C=O) groups excluding carboxylic acids is 1. The van der Waals surface area contributed by atoms with Gasteiger partial charge in [0, 0.05) is 51.7 Å². The lowest BCUT2D eigenvalue weighted by atomic mass is 10.0. The van der Waals surface area contributed by atoms with Crippen LogP contribution in [0.25, 0.3) is 0 Å². The Hall–Kier alpha value is -0.610. The minimum atomic E-state index is 0.418. The molecule has 0 aromatic heterocycles. The van der Waals surface area contributed by atoms with E-state index in [4.69, 9.17) is 0 Å². The molecule has 1 saturated carbocycles. The highest BCUT2D eigenvalue weighted by Crippen LogP contribution is 2.33. The van der Waals surface area contributed by atoms with Gasteiger partial charge in [-0.2, -0.15) is 0 Å². The second kappa shape index (κ2) is 6.44. The molecule has 3 unspecified atom stereocenters. The first kappa shape index (κ1) is 14.3. The van der Waals surface area contributed by atoms with E-state index in [0.29, 0.717) is 17.9 Å². The van der Waals surface area contributed by atoms with Crippen LogP contribution in [-0.2, 0) is 4.79 Å². The Morgan fingerprint density at radius 1 is 1.15 bits per heavy atom. The molecular formula is C16H29N3O. The van der Waals surface area contributed by atoms with Crippen molar-refractivity contribution in [1.29, 1.82) is 0 Å². The predicted octanol–water partition coefficient (Wildman–Crippen LogP) is 1.32. The van der Waals surface area contributed by atoms with Gasteiger partial charge in [0.1, 0.15) is 0 Å². The summed E-state index contributed by atoms with van der Waals surface area (Å²) in [5, 5.41) is 3.40. The van der Waals surface area contributed by atoms with E-state index in [2.05, 4.69) is 22.0 Å². The van der Waals surface area contributed by atoms with Crippen molar-refractivity contribution in [2.75, 3.05) is 39.3 Å². The van der Waals surface area contributed by atoms with Crippen LogP contribution >= 0.6 is 0 Å². The Morgan fingerprint density at radius 2 is 1.95 bits per heavy atom. The van der Waals surface area contributed by atoms with Crippen molar-refractivity contribution in [1.82, 2.24) is 15.1 Å². The molecule has 3 rings (SSSR count). The normalized spacial score (nSPS) is 35.6. The summed E-state index contributed by atoms with van der Waals surface area (Å²) in [6, 6.07) is 0.614. The van der Waals surface area contributed by atoms with Gasteiger partial charge in [-0.15, -0.1) is 0 Å².